The molecule has 2 amide bonds. The van der Waals surface area contributed by atoms with Crippen molar-refractivity contribution in [3.63, 3.8) is 0 Å². The first-order valence-corrected chi connectivity index (χ1v) is 9.08. The van der Waals surface area contributed by atoms with Crippen molar-refractivity contribution in [3.05, 3.63) is 16.1 Å². The molecule has 1 aliphatic rings. The highest BCUT2D eigenvalue weighted by molar-refractivity contribution is 8.00. The molecule has 0 aromatic carbocycles. The number of amides is 2. The lowest BCUT2D eigenvalue weighted by Crippen LogP contribution is -2.52. The Kier molecular flexibility index (Phi) is 5.72. The second kappa shape index (κ2) is 7.31. The van der Waals surface area contributed by atoms with E-state index in [0.717, 1.165) is 42.4 Å². The molecule has 0 bridgehead atoms. The molecule has 0 spiro atoms. The van der Waals surface area contributed by atoms with Gasteiger partial charge in [0, 0.05) is 47.6 Å². The van der Waals surface area contributed by atoms with E-state index < -0.39 is 0 Å². The van der Waals surface area contributed by atoms with Crippen molar-refractivity contribution < 1.29 is 4.79 Å². The van der Waals surface area contributed by atoms with Crippen LogP contribution in [0, 0.1) is 6.92 Å². The minimum absolute atomic E-state index is 0.0833. The van der Waals surface area contributed by atoms with Crippen molar-refractivity contribution in [2.45, 2.75) is 44.9 Å². The van der Waals surface area contributed by atoms with Gasteiger partial charge in [-0.1, -0.05) is 6.92 Å². The fraction of sp³-hybridized carbons (Fsp3) is 0.714. The van der Waals surface area contributed by atoms with Crippen molar-refractivity contribution >= 4 is 29.1 Å². The van der Waals surface area contributed by atoms with Crippen LogP contribution in [0.3, 0.4) is 0 Å². The van der Waals surface area contributed by atoms with Crippen LogP contribution in [0.15, 0.2) is 5.38 Å². The number of carbonyl (C=O) groups is 1. The van der Waals surface area contributed by atoms with E-state index in [1.807, 2.05) is 23.6 Å². The molecule has 112 valence electrons. The number of thioether (sulfide) groups is 1. The van der Waals surface area contributed by atoms with Gasteiger partial charge >= 0.3 is 6.03 Å². The molecule has 2 heterocycles. The maximum atomic E-state index is 12.2. The summed E-state index contributed by atoms with van der Waals surface area (Å²) in [5.41, 5.74) is 1.09. The molecule has 0 saturated carbocycles. The number of nitrogens with zero attached hydrogens (tertiary/aromatic N) is 2. The molecular weight excluding hydrogens is 290 g/mol. The third-order valence-electron chi connectivity index (χ3n) is 3.65. The summed E-state index contributed by atoms with van der Waals surface area (Å²) < 4.78 is 0. The molecule has 1 aliphatic heterocycles. The molecule has 1 saturated heterocycles. The van der Waals surface area contributed by atoms with E-state index in [9.17, 15) is 4.79 Å². The standard InChI is InChI=1S/C14H23N3OS2/c1-10-9-20-13(16-10)5-4-6-15-14(18)17-7-8-19-12(3)11(17)2/h9,11-12H,4-8H2,1-3H3,(H,15,18)/t11-,12+/m1/s1. The number of aryl methyl sites for hydroxylation is 2. The van der Waals surface area contributed by atoms with Crippen molar-refractivity contribution in [3.8, 4) is 0 Å². The molecule has 6 heteroatoms. The zero-order valence-corrected chi connectivity index (χ0v) is 14.0. The summed E-state index contributed by atoms with van der Waals surface area (Å²) in [5, 5.41) is 6.79. The first-order valence-electron chi connectivity index (χ1n) is 7.15. The van der Waals surface area contributed by atoms with Crippen LogP contribution in [0.1, 0.15) is 31.0 Å². The fourth-order valence-corrected chi connectivity index (χ4v) is 4.19. The summed E-state index contributed by atoms with van der Waals surface area (Å²) in [5.74, 6) is 1.04. The Hall–Kier alpha value is -0.750. The van der Waals surface area contributed by atoms with E-state index in [4.69, 9.17) is 0 Å². The Balaban J connectivity index is 1.69. The second-order valence-electron chi connectivity index (χ2n) is 5.23. The van der Waals surface area contributed by atoms with Gasteiger partial charge in [0.1, 0.15) is 0 Å². The van der Waals surface area contributed by atoms with Gasteiger partial charge in [0.25, 0.3) is 0 Å². The Morgan fingerprint density at radius 1 is 1.55 bits per heavy atom. The van der Waals surface area contributed by atoms with Crippen LogP contribution < -0.4 is 5.32 Å². The molecule has 2 rings (SSSR count). The molecule has 0 aliphatic carbocycles. The van der Waals surface area contributed by atoms with E-state index in [1.54, 1.807) is 11.3 Å². The maximum absolute atomic E-state index is 12.2. The summed E-state index contributed by atoms with van der Waals surface area (Å²) in [6.07, 6.45) is 1.89. The third-order valence-corrected chi connectivity index (χ3v) is 6.02. The summed E-state index contributed by atoms with van der Waals surface area (Å²) in [6.45, 7) is 7.92. The molecule has 0 radical (unpaired) electrons. The molecule has 1 aromatic heterocycles. The van der Waals surface area contributed by atoms with Crippen molar-refractivity contribution in [1.82, 2.24) is 15.2 Å². The Bertz CT molecular complexity index is 449. The number of hydrogen-bond acceptors (Lipinski definition) is 4. The molecule has 1 N–H and O–H groups in total. The Morgan fingerprint density at radius 3 is 3.05 bits per heavy atom. The van der Waals surface area contributed by atoms with Gasteiger partial charge in [-0.2, -0.15) is 11.8 Å². The smallest absolute Gasteiger partial charge is 0.317 e. The van der Waals surface area contributed by atoms with E-state index in [-0.39, 0.29) is 6.03 Å². The lowest BCUT2D eigenvalue weighted by molar-refractivity contribution is 0.180. The van der Waals surface area contributed by atoms with E-state index in [2.05, 4.69) is 29.5 Å². The van der Waals surface area contributed by atoms with Gasteiger partial charge in [-0.3, -0.25) is 0 Å². The SMILES string of the molecule is Cc1csc(CCCNC(=O)N2CCS[C@@H](C)[C@H]2C)n1. The average Bonchev–Trinajstić information content (AvgIpc) is 2.83. The number of thiazole rings is 1. The molecule has 0 unspecified atom stereocenters. The lowest BCUT2D eigenvalue weighted by atomic mass is 10.2. The van der Waals surface area contributed by atoms with Gasteiger partial charge in [0.05, 0.1) is 5.01 Å². The number of carbonyl (C=O) groups excluding carboxylic acids is 1. The summed E-state index contributed by atoms with van der Waals surface area (Å²) in [7, 11) is 0. The predicted octanol–water partition coefficient (Wildman–Crippen LogP) is 2.92. The number of urea groups is 1. The number of nitrogens with one attached hydrogen (secondary N) is 1. The number of hydrogen-bond donors (Lipinski definition) is 1. The highest BCUT2D eigenvalue weighted by atomic mass is 32.2. The number of aromatic nitrogens is 1. The third kappa shape index (κ3) is 4.12. The zero-order chi connectivity index (χ0) is 14.5. The summed E-state index contributed by atoms with van der Waals surface area (Å²) in [4.78, 5) is 18.6. The van der Waals surface area contributed by atoms with Crippen molar-refractivity contribution in [2.24, 2.45) is 0 Å². The Morgan fingerprint density at radius 2 is 2.35 bits per heavy atom. The van der Waals surface area contributed by atoms with Crippen LogP contribution in [-0.2, 0) is 6.42 Å². The van der Waals surface area contributed by atoms with Gasteiger partial charge in [-0.05, 0) is 20.3 Å². The van der Waals surface area contributed by atoms with Crippen molar-refractivity contribution in [2.75, 3.05) is 18.8 Å². The normalized spacial score (nSPS) is 22.9. The highest BCUT2D eigenvalue weighted by Gasteiger charge is 2.28. The van der Waals surface area contributed by atoms with E-state index >= 15 is 0 Å². The average molecular weight is 313 g/mol. The quantitative estimate of drug-likeness (QED) is 0.869. The summed E-state index contributed by atoms with van der Waals surface area (Å²) in [6, 6.07) is 0.398. The molecule has 4 nitrogen and oxygen atoms in total. The van der Waals surface area contributed by atoms with Gasteiger partial charge in [0.15, 0.2) is 0 Å². The largest absolute Gasteiger partial charge is 0.338 e. The Labute approximate surface area is 129 Å². The van der Waals surface area contributed by atoms with Crippen molar-refractivity contribution in [1.29, 1.82) is 0 Å². The molecule has 1 fully saturated rings. The van der Waals surface area contributed by atoms with Crippen LogP contribution >= 0.6 is 23.1 Å². The van der Waals surface area contributed by atoms with Crippen LogP contribution in [0.2, 0.25) is 0 Å². The van der Waals surface area contributed by atoms with Gasteiger partial charge in [-0.25, -0.2) is 9.78 Å². The lowest BCUT2D eigenvalue weighted by Gasteiger charge is -2.37. The van der Waals surface area contributed by atoms with Crippen LogP contribution in [-0.4, -0.2) is 46.0 Å². The monoisotopic (exact) mass is 313 g/mol. The van der Waals surface area contributed by atoms with Crippen LogP contribution in [0.25, 0.3) is 0 Å². The van der Waals surface area contributed by atoms with Gasteiger partial charge in [0.2, 0.25) is 0 Å². The maximum Gasteiger partial charge on any atom is 0.317 e. The van der Waals surface area contributed by atoms with Crippen LogP contribution in [0.5, 0.6) is 0 Å². The van der Waals surface area contributed by atoms with Gasteiger partial charge in [-0.15, -0.1) is 11.3 Å². The molecule has 20 heavy (non-hydrogen) atoms. The molecule has 2 atom stereocenters. The highest BCUT2D eigenvalue weighted by Crippen LogP contribution is 2.24. The second-order valence-corrected chi connectivity index (χ2v) is 7.66. The first-order chi connectivity index (χ1) is 9.58. The minimum Gasteiger partial charge on any atom is -0.338 e. The van der Waals surface area contributed by atoms with E-state index in [0.29, 0.717) is 11.3 Å². The zero-order valence-electron chi connectivity index (χ0n) is 12.4. The molecular formula is C14H23N3OS2. The molecule has 1 aromatic rings. The fourth-order valence-electron chi connectivity index (χ4n) is 2.27. The minimum atomic E-state index is 0.0833. The van der Waals surface area contributed by atoms with Crippen LogP contribution in [0.4, 0.5) is 4.79 Å². The van der Waals surface area contributed by atoms with Gasteiger partial charge < -0.3 is 10.2 Å². The number of rotatable bonds is 4. The predicted molar refractivity (Wildman–Crippen MR) is 86.7 cm³/mol. The first kappa shape index (κ1) is 15.6. The summed E-state index contributed by atoms with van der Waals surface area (Å²) >= 11 is 3.65. The topological polar surface area (TPSA) is 45.2 Å². The van der Waals surface area contributed by atoms with E-state index in [1.165, 1.54) is 0 Å².